The Kier molecular flexibility index (Phi) is 4.85. The number of fused-ring (bicyclic) bond motifs is 2. The smallest absolute Gasteiger partial charge is 0.320 e. The molecule has 2 saturated heterocycles. The summed E-state index contributed by atoms with van der Waals surface area (Å²) in [4.78, 5) is 21.5. The highest BCUT2D eigenvalue weighted by Gasteiger charge is 2.57. The molecule has 10 heteroatoms. The number of aromatic nitrogens is 1. The van der Waals surface area contributed by atoms with Crippen LogP contribution in [-0.4, -0.2) is 72.9 Å². The fraction of sp³-hybridized carbons (Fsp3) is 0.500. The van der Waals surface area contributed by atoms with Crippen LogP contribution >= 0.6 is 11.3 Å². The van der Waals surface area contributed by atoms with Crippen molar-refractivity contribution in [2.75, 3.05) is 39.4 Å². The van der Waals surface area contributed by atoms with E-state index in [0.717, 1.165) is 16.3 Å². The number of nitrogens with zero attached hydrogens (tertiary/aromatic N) is 4. The zero-order valence-electron chi connectivity index (χ0n) is 16.8. The lowest BCUT2D eigenvalue weighted by atomic mass is 9.89. The van der Waals surface area contributed by atoms with Gasteiger partial charge in [-0.3, -0.25) is 0 Å². The number of likely N-dealkylation sites (tertiary alicyclic amines) is 1. The number of carbonyl (C=O) groups is 1. The lowest BCUT2D eigenvalue weighted by Crippen LogP contribution is -2.50. The van der Waals surface area contributed by atoms with Gasteiger partial charge in [0.25, 0.3) is 0 Å². The molecule has 0 radical (unpaired) electrons. The van der Waals surface area contributed by atoms with Gasteiger partial charge < -0.3 is 14.5 Å². The standard InChI is InChI=1S/C20H24N4O4S2/c1-15-21-16(13-29-15)12-24-20(17-4-2-3-5-18(17)30(24,26)27)6-7-23(14-20)19(25)22-8-10-28-11-9-22/h2-5,13H,6-12,14H2,1H3/t20-/m1/s1. The van der Waals surface area contributed by atoms with Crippen molar-refractivity contribution in [2.24, 2.45) is 0 Å². The summed E-state index contributed by atoms with van der Waals surface area (Å²) in [7, 11) is -3.67. The van der Waals surface area contributed by atoms with Gasteiger partial charge in [0, 0.05) is 31.6 Å². The summed E-state index contributed by atoms with van der Waals surface area (Å²) < 4.78 is 33.9. The largest absolute Gasteiger partial charge is 0.378 e. The molecule has 0 saturated carbocycles. The normalized spacial score (nSPS) is 25.8. The Hall–Kier alpha value is -2.01. The van der Waals surface area contributed by atoms with E-state index in [1.54, 1.807) is 26.2 Å². The van der Waals surface area contributed by atoms with Crippen molar-refractivity contribution in [1.29, 1.82) is 0 Å². The van der Waals surface area contributed by atoms with E-state index in [0.29, 0.717) is 50.7 Å². The van der Waals surface area contributed by atoms with Crippen LogP contribution in [0.1, 0.15) is 22.7 Å². The molecular weight excluding hydrogens is 424 g/mol. The van der Waals surface area contributed by atoms with E-state index in [1.807, 2.05) is 24.4 Å². The minimum absolute atomic E-state index is 0.0404. The number of hydrogen-bond donors (Lipinski definition) is 0. The number of carbonyl (C=O) groups excluding carboxylic acids is 1. The van der Waals surface area contributed by atoms with E-state index < -0.39 is 15.6 Å². The minimum atomic E-state index is -3.67. The predicted octanol–water partition coefficient (Wildman–Crippen LogP) is 2.01. The molecule has 1 spiro atoms. The van der Waals surface area contributed by atoms with Gasteiger partial charge in [-0.25, -0.2) is 18.2 Å². The number of urea groups is 1. The van der Waals surface area contributed by atoms with Crippen LogP contribution in [0.4, 0.5) is 4.79 Å². The second-order valence-corrected chi connectivity index (χ2v) is 10.8. The summed E-state index contributed by atoms with van der Waals surface area (Å²) in [6, 6.07) is 7.15. The first kappa shape index (κ1) is 19.9. The number of amides is 2. The molecule has 4 heterocycles. The number of benzene rings is 1. The number of sulfonamides is 1. The van der Waals surface area contributed by atoms with Gasteiger partial charge in [-0.2, -0.15) is 4.31 Å². The van der Waals surface area contributed by atoms with Gasteiger partial charge in [0.05, 0.1) is 40.9 Å². The molecule has 0 bridgehead atoms. The fourth-order valence-electron chi connectivity index (χ4n) is 4.76. The summed E-state index contributed by atoms with van der Waals surface area (Å²) in [5, 5.41) is 2.82. The summed E-state index contributed by atoms with van der Waals surface area (Å²) in [6.07, 6.45) is 0.572. The first-order chi connectivity index (χ1) is 14.4. The third kappa shape index (κ3) is 3.05. The highest BCUT2D eigenvalue weighted by Crippen LogP contribution is 2.50. The Balaban J connectivity index is 1.51. The molecule has 1 atom stereocenters. The average molecular weight is 449 g/mol. The van der Waals surface area contributed by atoms with Crippen LogP contribution in [0.3, 0.4) is 0 Å². The number of morpholine rings is 1. The summed E-state index contributed by atoms with van der Waals surface area (Å²) in [5.74, 6) is 0. The van der Waals surface area contributed by atoms with Crippen LogP contribution in [0.15, 0.2) is 34.5 Å². The van der Waals surface area contributed by atoms with Gasteiger partial charge in [-0.15, -0.1) is 11.3 Å². The van der Waals surface area contributed by atoms with Gasteiger partial charge in [-0.1, -0.05) is 18.2 Å². The van der Waals surface area contributed by atoms with E-state index >= 15 is 0 Å². The molecule has 8 nitrogen and oxygen atoms in total. The Morgan fingerprint density at radius 3 is 2.70 bits per heavy atom. The van der Waals surface area contributed by atoms with E-state index in [4.69, 9.17) is 4.74 Å². The highest BCUT2D eigenvalue weighted by atomic mass is 32.2. The molecule has 0 N–H and O–H groups in total. The minimum Gasteiger partial charge on any atom is -0.378 e. The number of thiazole rings is 1. The van der Waals surface area contributed by atoms with Crippen molar-refractivity contribution in [1.82, 2.24) is 19.1 Å². The molecule has 3 aliphatic heterocycles. The molecule has 30 heavy (non-hydrogen) atoms. The van der Waals surface area contributed by atoms with Gasteiger partial charge >= 0.3 is 6.03 Å². The van der Waals surface area contributed by atoms with Crippen molar-refractivity contribution in [3.05, 3.63) is 45.9 Å². The quantitative estimate of drug-likeness (QED) is 0.702. The fourth-order valence-corrected chi connectivity index (χ4v) is 7.40. The van der Waals surface area contributed by atoms with Gasteiger partial charge in [0.1, 0.15) is 0 Å². The van der Waals surface area contributed by atoms with E-state index in [1.165, 1.54) is 11.3 Å². The molecule has 1 aromatic heterocycles. The maximum atomic E-state index is 13.5. The third-order valence-electron chi connectivity index (χ3n) is 6.21. The molecule has 160 valence electrons. The van der Waals surface area contributed by atoms with E-state index in [2.05, 4.69) is 4.98 Å². The predicted molar refractivity (Wildman–Crippen MR) is 112 cm³/mol. The van der Waals surface area contributed by atoms with E-state index in [9.17, 15) is 13.2 Å². The second-order valence-electron chi connectivity index (χ2n) is 7.95. The van der Waals surface area contributed by atoms with Crippen LogP contribution in [0.25, 0.3) is 0 Å². The number of rotatable bonds is 2. The van der Waals surface area contributed by atoms with Crippen molar-refractivity contribution < 1.29 is 17.9 Å². The zero-order chi connectivity index (χ0) is 20.9. The SMILES string of the molecule is Cc1nc(CN2[C@@]3(CCN(C(=O)N4CCOCC4)C3)c3ccccc3S2(=O)=O)cs1. The first-order valence-corrected chi connectivity index (χ1v) is 12.4. The number of aryl methyl sites for hydroxylation is 1. The molecule has 0 unspecified atom stereocenters. The molecule has 3 aliphatic rings. The Bertz CT molecular complexity index is 1080. The summed E-state index contributed by atoms with van der Waals surface area (Å²) in [5.41, 5.74) is 0.773. The third-order valence-corrected chi connectivity index (χ3v) is 9.00. The van der Waals surface area contributed by atoms with Crippen LogP contribution < -0.4 is 0 Å². The summed E-state index contributed by atoms with van der Waals surface area (Å²) in [6.45, 7) is 5.21. The monoisotopic (exact) mass is 448 g/mol. The van der Waals surface area contributed by atoms with Crippen molar-refractivity contribution >= 4 is 27.4 Å². The van der Waals surface area contributed by atoms with Crippen molar-refractivity contribution in [2.45, 2.75) is 30.3 Å². The zero-order valence-corrected chi connectivity index (χ0v) is 18.4. The lowest BCUT2D eigenvalue weighted by molar-refractivity contribution is 0.0439. The Labute approximate surface area is 180 Å². The molecular formula is C20H24N4O4S2. The summed E-state index contributed by atoms with van der Waals surface area (Å²) >= 11 is 1.51. The maximum Gasteiger partial charge on any atom is 0.320 e. The maximum absolute atomic E-state index is 13.5. The molecule has 1 aromatic carbocycles. The van der Waals surface area contributed by atoms with Gasteiger partial charge in [-0.05, 0) is 25.0 Å². The van der Waals surface area contributed by atoms with Crippen molar-refractivity contribution in [3.8, 4) is 0 Å². The topological polar surface area (TPSA) is 83.1 Å². The van der Waals surface area contributed by atoms with Gasteiger partial charge in [0.2, 0.25) is 10.0 Å². The molecule has 2 amide bonds. The van der Waals surface area contributed by atoms with Crippen molar-refractivity contribution in [3.63, 3.8) is 0 Å². The van der Waals surface area contributed by atoms with Crippen LogP contribution in [0.5, 0.6) is 0 Å². The average Bonchev–Trinajstić information content (AvgIpc) is 3.42. The highest BCUT2D eigenvalue weighted by molar-refractivity contribution is 7.89. The number of hydrogen-bond acceptors (Lipinski definition) is 6. The van der Waals surface area contributed by atoms with Crippen LogP contribution in [0.2, 0.25) is 0 Å². The van der Waals surface area contributed by atoms with Gasteiger partial charge in [0.15, 0.2) is 0 Å². The Morgan fingerprint density at radius 1 is 1.20 bits per heavy atom. The molecule has 5 rings (SSSR count). The molecule has 2 aromatic rings. The second kappa shape index (κ2) is 7.30. The van der Waals surface area contributed by atoms with Crippen LogP contribution in [0, 0.1) is 6.92 Å². The lowest BCUT2D eigenvalue weighted by Gasteiger charge is -2.35. The van der Waals surface area contributed by atoms with E-state index in [-0.39, 0.29) is 12.6 Å². The molecule has 2 fully saturated rings. The Morgan fingerprint density at radius 2 is 1.97 bits per heavy atom. The first-order valence-electron chi connectivity index (χ1n) is 10.1. The van der Waals surface area contributed by atoms with Crippen LogP contribution in [-0.2, 0) is 26.8 Å². The number of ether oxygens (including phenoxy) is 1. The molecule has 0 aliphatic carbocycles.